The topological polar surface area (TPSA) is 34.1 Å². The van der Waals surface area contributed by atoms with Gasteiger partial charge in [0.15, 0.2) is 0 Å². The fourth-order valence-corrected chi connectivity index (χ4v) is 3.09. The number of hydrogen-bond donors (Lipinski definition) is 1. The first-order valence-electron chi connectivity index (χ1n) is 6.23. The van der Waals surface area contributed by atoms with Crippen LogP contribution in [-0.4, -0.2) is 18.6 Å². The Morgan fingerprint density at radius 1 is 1.37 bits per heavy atom. The quantitative estimate of drug-likeness (QED) is 0.862. The van der Waals surface area contributed by atoms with Crippen molar-refractivity contribution in [2.24, 2.45) is 0 Å². The van der Waals surface area contributed by atoms with Gasteiger partial charge in [-0.15, -0.1) is 11.3 Å². The van der Waals surface area contributed by atoms with Crippen molar-refractivity contribution in [2.75, 3.05) is 13.7 Å². The molecule has 2 rings (SSSR count). The molecule has 2 aromatic heterocycles. The Balaban J connectivity index is 2.23. The summed E-state index contributed by atoms with van der Waals surface area (Å²) in [4.78, 5) is 4.27. The van der Waals surface area contributed by atoms with Gasteiger partial charge < -0.3 is 10.1 Å². The molecule has 0 aliphatic carbocycles. The third kappa shape index (κ3) is 3.78. The van der Waals surface area contributed by atoms with Gasteiger partial charge >= 0.3 is 0 Å². The van der Waals surface area contributed by atoms with Crippen molar-refractivity contribution in [3.8, 4) is 5.75 Å². The highest BCUT2D eigenvalue weighted by atomic mass is 79.9. The summed E-state index contributed by atoms with van der Waals surface area (Å²) < 4.78 is 6.77. The van der Waals surface area contributed by atoms with Crippen molar-refractivity contribution in [1.82, 2.24) is 10.3 Å². The van der Waals surface area contributed by atoms with Crippen LogP contribution in [0.4, 0.5) is 0 Å². The van der Waals surface area contributed by atoms with E-state index in [1.165, 1.54) is 5.56 Å². The minimum Gasteiger partial charge on any atom is -0.492 e. The number of ether oxygens (including phenoxy) is 1. The molecule has 0 aliphatic heterocycles. The van der Waals surface area contributed by atoms with E-state index >= 15 is 0 Å². The zero-order chi connectivity index (χ0) is 13.7. The standard InChI is InChI=1S/C14H17BrN2OS/c1-3-4-18-12-5-10(7-17-8-12)14(16-2)11-6-13(15)19-9-11/h5-9,14,16H,3-4H2,1-2H3. The van der Waals surface area contributed by atoms with Crippen molar-refractivity contribution in [2.45, 2.75) is 19.4 Å². The Hall–Kier alpha value is -0.910. The predicted molar refractivity (Wildman–Crippen MR) is 82.9 cm³/mol. The van der Waals surface area contributed by atoms with Crippen molar-refractivity contribution in [1.29, 1.82) is 0 Å². The van der Waals surface area contributed by atoms with E-state index in [0.717, 1.165) is 28.1 Å². The molecule has 1 N–H and O–H groups in total. The number of hydrogen-bond acceptors (Lipinski definition) is 4. The van der Waals surface area contributed by atoms with Gasteiger partial charge in [0.2, 0.25) is 0 Å². The van der Waals surface area contributed by atoms with Crippen molar-refractivity contribution in [3.05, 3.63) is 44.8 Å². The van der Waals surface area contributed by atoms with Crippen molar-refractivity contribution >= 4 is 27.3 Å². The molecule has 0 saturated carbocycles. The first kappa shape index (κ1) is 14.5. The van der Waals surface area contributed by atoms with Gasteiger partial charge in [0.1, 0.15) is 5.75 Å². The highest BCUT2D eigenvalue weighted by molar-refractivity contribution is 9.11. The summed E-state index contributed by atoms with van der Waals surface area (Å²) in [6.45, 7) is 2.82. The van der Waals surface area contributed by atoms with E-state index in [9.17, 15) is 0 Å². The lowest BCUT2D eigenvalue weighted by Crippen LogP contribution is -2.17. The van der Waals surface area contributed by atoms with Gasteiger partial charge in [-0.1, -0.05) is 6.92 Å². The number of nitrogens with one attached hydrogen (secondary N) is 1. The Morgan fingerprint density at radius 2 is 2.21 bits per heavy atom. The molecule has 0 aliphatic rings. The van der Waals surface area contributed by atoms with Gasteiger partial charge in [-0.2, -0.15) is 0 Å². The lowest BCUT2D eigenvalue weighted by atomic mass is 10.0. The van der Waals surface area contributed by atoms with Crippen LogP contribution >= 0.6 is 27.3 Å². The SMILES string of the molecule is CCCOc1cncc(C(NC)c2csc(Br)c2)c1. The zero-order valence-electron chi connectivity index (χ0n) is 11.0. The van der Waals surface area contributed by atoms with Crippen LogP contribution < -0.4 is 10.1 Å². The van der Waals surface area contributed by atoms with Crippen LogP contribution in [0.3, 0.4) is 0 Å². The molecule has 0 amide bonds. The Labute approximate surface area is 126 Å². The molecule has 1 atom stereocenters. The van der Waals surface area contributed by atoms with E-state index in [4.69, 9.17) is 4.74 Å². The minimum absolute atomic E-state index is 0.139. The van der Waals surface area contributed by atoms with Gasteiger partial charge in [0, 0.05) is 6.20 Å². The summed E-state index contributed by atoms with van der Waals surface area (Å²) in [5.74, 6) is 0.828. The van der Waals surface area contributed by atoms with Crippen LogP contribution in [0.1, 0.15) is 30.5 Å². The molecule has 2 heterocycles. The van der Waals surface area contributed by atoms with E-state index in [1.54, 1.807) is 17.5 Å². The summed E-state index contributed by atoms with van der Waals surface area (Å²) in [7, 11) is 1.95. The van der Waals surface area contributed by atoms with Crippen LogP contribution in [0.15, 0.2) is 33.7 Å². The number of nitrogens with zero attached hydrogens (tertiary/aromatic N) is 1. The third-order valence-electron chi connectivity index (χ3n) is 2.75. The average molecular weight is 341 g/mol. The van der Waals surface area contributed by atoms with Crippen molar-refractivity contribution in [3.63, 3.8) is 0 Å². The summed E-state index contributed by atoms with van der Waals surface area (Å²) in [6, 6.07) is 4.32. The van der Waals surface area contributed by atoms with E-state index in [1.807, 2.05) is 13.2 Å². The van der Waals surface area contributed by atoms with Crippen LogP contribution in [0, 0.1) is 0 Å². The van der Waals surface area contributed by atoms with Gasteiger partial charge in [-0.25, -0.2) is 0 Å². The number of aromatic nitrogens is 1. The van der Waals surface area contributed by atoms with Gasteiger partial charge in [0.25, 0.3) is 0 Å². The molecular formula is C14H17BrN2OS. The lowest BCUT2D eigenvalue weighted by Gasteiger charge is -2.16. The molecule has 0 bridgehead atoms. The van der Waals surface area contributed by atoms with Crippen LogP contribution in [0.5, 0.6) is 5.75 Å². The molecular weight excluding hydrogens is 324 g/mol. The highest BCUT2D eigenvalue weighted by Gasteiger charge is 2.14. The lowest BCUT2D eigenvalue weighted by molar-refractivity contribution is 0.315. The maximum atomic E-state index is 5.63. The Morgan fingerprint density at radius 3 is 2.84 bits per heavy atom. The van der Waals surface area contributed by atoms with E-state index in [0.29, 0.717) is 0 Å². The van der Waals surface area contributed by atoms with E-state index in [-0.39, 0.29) is 6.04 Å². The zero-order valence-corrected chi connectivity index (χ0v) is 13.4. The third-order valence-corrected chi connectivity index (χ3v) is 4.27. The first-order chi connectivity index (χ1) is 9.24. The van der Waals surface area contributed by atoms with Crippen LogP contribution in [-0.2, 0) is 0 Å². The normalized spacial score (nSPS) is 12.4. The molecule has 0 spiro atoms. The molecule has 102 valence electrons. The highest BCUT2D eigenvalue weighted by Crippen LogP contribution is 2.30. The number of pyridine rings is 1. The molecule has 0 radical (unpaired) electrons. The smallest absolute Gasteiger partial charge is 0.137 e. The summed E-state index contributed by atoms with van der Waals surface area (Å²) in [5, 5.41) is 5.47. The van der Waals surface area contributed by atoms with Gasteiger partial charge in [-0.05, 0) is 58.0 Å². The van der Waals surface area contributed by atoms with Gasteiger partial charge in [0.05, 0.1) is 22.6 Å². The minimum atomic E-state index is 0.139. The summed E-state index contributed by atoms with van der Waals surface area (Å²) in [6.07, 6.45) is 4.64. The van der Waals surface area contributed by atoms with Crippen molar-refractivity contribution < 1.29 is 4.74 Å². The fourth-order valence-electron chi connectivity index (χ4n) is 1.89. The Bertz CT molecular complexity index is 530. The maximum absolute atomic E-state index is 5.63. The number of halogens is 1. The molecule has 2 aromatic rings. The molecule has 3 nitrogen and oxygen atoms in total. The number of rotatable bonds is 6. The van der Waals surface area contributed by atoms with Gasteiger partial charge in [-0.3, -0.25) is 4.98 Å². The fraction of sp³-hybridized carbons (Fsp3) is 0.357. The van der Waals surface area contributed by atoms with Crippen LogP contribution in [0.25, 0.3) is 0 Å². The molecule has 5 heteroatoms. The monoisotopic (exact) mass is 340 g/mol. The first-order valence-corrected chi connectivity index (χ1v) is 7.90. The summed E-state index contributed by atoms with van der Waals surface area (Å²) in [5.41, 5.74) is 2.34. The molecule has 1 unspecified atom stereocenters. The molecule has 0 aromatic carbocycles. The van der Waals surface area contributed by atoms with E-state index in [2.05, 4.69) is 50.7 Å². The second-order valence-corrected chi connectivity index (χ2v) is 6.50. The average Bonchev–Trinajstić information content (AvgIpc) is 2.84. The molecule has 0 saturated heterocycles. The second kappa shape index (κ2) is 7.03. The molecule has 19 heavy (non-hydrogen) atoms. The number of thiophene rings is 1. The second-order valence-electron chi connectivity index (χ2n) is 4.21. The maximum Gasteiger partial charge on any atom is 0.137 e. The molecule has 0 fully saturated rings. The summed E-state index contributed by atoms with van der Waals surface area (Å²) >= 11 is 5.19. The van der Waals surface area contributed by atoms with E-state index < -0.39 is 0 Å². The largest absolute Gasteiger partial charge is 0.492 e. The Kier molecular flexibility index (Phi) is 5.36. The van der Waals surface area contributed by atoms with Crippen LogP contribution in [0.2, 0.25) is 0 Å². The predicted octanol–water partition coefficient (Wildman–Crippen LogP) is 4.00.